The summed E-state index contributed by atoms with van der Waals surface area (Å²) >= 11 is 0. The van der Waals surface area contributed by atoms with Gasteiger partial charge in [-0.1, -0.05) is 0 Å². The van der Waals surface area contributed by atoms with Crippen LogP contribution in [0.5, 0.6) is 0 Å². The van der Waals surface area contributed by atoms with Crippen molar-refractivity contribution in [3.05, 3.63) is 52.3 Å². The second-order valence-corrected chi connectivity index (χ2v) is 3.27. The van der Waals surface area contributed by atoms with Crippen LogP contribution in [0.15, 0.2) is 41.0 Å². The van der Waals surface area contributed by atoms with Gasteiger partial charge in [-0.2, -0.15) is 0 Å². The summed E-state index contributed by atoms with van der Waals surface area (Å²) in [5, 5.41) is 19.5. The van der Waals surface area contributed by atoms with Crippen molar-refractivity contribution < 1.29 is 19.2 Å². The van der Waals surface area contributed by atoms with Crippen LogP contribution in [-0.2, 0) is 0 Å². The number of furan rings is 1. The second-order valence-electron chi connectivity index (χ2n) is 3.27. The van der Waals surface area contributed by atoms with Crippen molar-refractivity contribution in [2.75, 3.05) is 0 Å². The lowest BCUT2D eigenvalue weighted by Crippen LogP contribution is -2.02. The van der Waals surface area contributed by atoms with Gasteiger partial charge in [-0.25, -0.2) is 4.79 Å². The molecule has 1 aromatic carbocycles. The lowest BCUT2D eigenvalue weighted by Gasteiger charge is -2.01. The molecule has 0 aliphatic carbocycles. The number of nitro groups is 1. The standard InChI is InChI=1S/C11H7NO5/c13-11(14)8-6-7(10-2-1-5-17-10)3-4-9(8)12(15)16/h1-6H,(H,13,14). The Morgan fingerprint density at radius 2 is 2.12 bits per heavy atom. The number of rotatable bonds is 3. The van der Waals surface area contributed by atoms with Crippen LogP contribution in [0.25, 0.3) is 11.3 Å². The summed E-state index contributed by atoms with van der Waals surface area (Å²) in [5.74, 6) is -0.882. The second kappa shape index (κ2) is 4.09. The summed E-state index contributed by atoms with van der Waals surface area (Å²) in [6.45, 7) is 0. The molecule has 6 heteroatoms. The lowest BCUT2D eigenvalue weighted by molar-refractivity contribution is -0.385. The van der Waals surface area contributed by atoms with Gasteiger partial charge in [0.1, 0.15) is 11.3 Å². The smallest absolute Gasteiger partial charge is 0.342 e. The topological polar surface area (TPSA) is 93.6 Å². The van der Waals surface area contributed by atoms with E-state index >= 15 is 0 Å². The third-order valence-corrected chi connectivity index (χ3v) is 2.23. The number of hydrogen-bond acceptors (Lipinski definition) is 4. The van der Waals surface area contributed by atoms with E-state index in [0.29, 0.717) is 11.3 Å². The molecule has 2 aromatic rings. The van der Waals surface area contributed by atoms with Crippen molar-refractivity contribution in [1.29, 1.82) is 0 Å². The molecule has 0 fully saturated rings. The van der Waals surface area contributed by atoms with Gasteiger partial charge in [0, 0.05) is 11.6 Å². The first-order valence-corrected chi connectivity index (χ1v) is 4.65. The van der Waals surface area contributed by atoms with Crippen LogP contribution >= 0.6 is 0 Å². The van der Waals surface area contributed by atoms with Crippen molar-refractivity contribution in [3.8, 4) is 11.3 Å². The third-order valence-electron chi connectivity index (χ3n) is 2.23. The minimum absolute atomic E-state index is 0.357. The highest BCUT2D eigenvalue weighted by Crippen LogP contribution is 2.26. The summed E-state index contributed by atoms with van der Waals surface area (Å²) < 4.78 is 5.09. The first-order valence-electron chi connectivity index (χ1n) is 4.65. The van der Waals surface area contributed by atoms with E-state index in [-0.39, 0.29) is 5.56 Å². The van der Waals surface area contributed by atoms with Gasteiger partial charge in [0.25, 0.3) is 5.69 Å². The first kappa shape index (κ1) is 10.9. The minimum atomic E-state index is -1.34. The molecule has 0 saturated carbocycles. The molecule has 1 heterocycles. The Balaban J connectivity index is 2.57. The largest absolute Gasteiger partial charge is 0.477 e. The van der Waals surface area contributed by atoms with Gasteiger partial charge < -0.3 is 9.52 Å². The zero-order valence-electron chi connectivity index (χ0n) is 8.49. The number of carbonyl (C=O) groups is 1. The Kier molecular flexibility index (Phi) is 2.61. The molecule has 0 aliphatic rings. The van der Waals surface area contributed by atoms with Crippen molar-refractivity contribution in [2.45, 2.75) is 0 Å². The molecule has 0 amide bonds. The molecule has 2 rings (SSSR count). The van der Waals surface area contributed by atoms with E-state index in [2.05, 4.69) is 0 Å². The summed E-state index contributed by atoms with van der Waals surface area (Å²) in [6.07, 6.45) is 1.44. The number of nitrogens with zero attached hydrogens (tertiary/aromatic N) is 1. The van der Waals surface area contributed by atoms with E-state index < -0.39 is 16.6 Å². The average molecular weight is 233 g/mol. The maximum atomic E-state index is 10.9. The average Bonchev–Trinajstić information content (AvgIpc) is 2.81. The highest BCUT2D eigenvalue weighted by molar-refractivity contribution is 5.93. The predicted molar refractivity (Wildman–Crippen MR) is 57.8 cm³/mol. The van der Waals surface area contributed by atoms with Crippen molar-refractivity contribution in [2.24, 2.45) is 0 Å². The fourth-order valence-electron chi connectivity index (χ4n) is 1.46. The van der Waals surface area contributed by atoms with Crippen LogP contribution in [0.4, 0.5) is 5.69 Å². The molecule has 1 aromatic heterocycles. The van der Waals surface area contributed by atoms with Gasteiger partial charge in [0.2, 0.25) is 0 Å². The fourth-order valence-corrected chi connectivity index (χ4v) is 1.46. The van der Waals surface area contributed by atoms with E-state index in [4.69, 9.17) is 9.52 Å². The molecular weight excluding hydrogens is 226 g/mol. The van der Waals surface area contributed by atoms with Gasteiger partial charge in [-0.15, -0.1) is 0 Å². The van der Waals surface area contributed by atoms with E-state index in [1.54, 1.807) is 12.1 Å². The van der Waals surface area contributed by atoms with Crippen LogP contribution in [0, 0.1) is 10.1 Å². The lowest BCUT2D eigenvalue weighted by atomic mass is 10.1. The van der Waals surface area contributed by atoms with Gasteiger partial charge in [0.05, 0.1) is 11.2 Å². The fraction of sp³-hybridized carbons (Fsp3) is 0. The Morgan fingerprint density at radius 3 is 2.65 bits per heavy atom. The molecule has 0 atom stereocenters. The van der Waals surface area contributed by atoms with Crippen LogP contribution in [0.3, 0.4) is 0 Å². The van der Waals surface area contributed by atoms with Crippen LogP contribution in [0.1, 0.15) is 10.4 Å². The van der Waals surface area contributed by atoms with Crippen LogP contribution in [-0.4, -0.2) is 16.0 Å². The summed E-state index contributed by atoms with van der Waals surface area (Å²) in [4.78, 5) is 20.8. The van der Waals surface area contributed by atoms with Crippen molar-refractivity contribution >= 4 is 11.7 Å². The van der Waals surface area contributed by atoms with E-state index in [1.807, 2.05) is 0 Å². The zero-order chi connectivity index (χ0) is 12.4. The number of carboxylic acid groups (broad SMARTS) is 1. The Bertz CT molecular complexity index is 574. The van der Waals surface area contributed by atoms with E-state index in [1.165, 1.54) is 18.4 Å². The summed E-state index contributed by atoms with van der Waals surface area (Å²) in [7, 11) is 0. The summed E-state index contributed by atoms with van der Waals surface area (Å²) in [5.41, 5.74) is -0.310. The molecular formula is C11H7NO5. The monoisotopic (exact) mass is 233 g/mol. The Hall–Kier alpha value is -2.63. The molecule has 6 nitrogen and oxygen atoms in total. The first-order chi connectivity index (χ1) is 8.09. The number of carboxylic acids is 1. The molecule has 0 saturated heterocycles. The molecule has 1 N–H and O–H groups in total. The van der Waals surface area contributed by atoms with E-state index in [0.717, 1.165) is 6.07 Å². The number of hydrogen-bond donors (Lipinski definition) is 1. The molecule has 17 heavy (non-hydrogen) atoms. The minimum Gasteiger partial charge on any atom is -0.477 e. The maximum absolute atomic E-state index is 10.9. The van der Waals surface area contributed by atoms with Crippen molar-refractivity contribution in [3.63, 3.8) is 0 Å². The summed E-state index contributed by atoms with van der Waals surface area (Å²) in [6, 6.07) is 7.12. The number of nitro benzene ring substituents is 1. The molecule has 86 valence electrons. The molecule has 0 aliphatic heterocycles. The van der Waals surface area contributed by atoms with Crippen molar-refractivity contribution in [1.82, 2.24) is 0 Å². The normalized spacial score (nSPS) is 10.1. The Morgan fingerprint density at radius 1 is 1.35 bits per heavy atom. The number of aromatic carboxylic acids is 1. The maximum Gasteiger partial charge on any atom is 0.342 e. The number of benzene rings is 1. The zero-order valence-corrected chi connectivity index (χ0v) is 8.49. The molecule has 0 unspecified atom stereocenters. The van der Waals surface area contributed by atoms with Crippen LogP contribution in [0.2, 0.25) is 0 Å². The Labute approximate surface area is 95.3 Å². The molecule has 0 bridgehead atoms. The van der Waals surface area contributed by atoms with Gasteiger partial charge in [0.15, 0.2) is 0 Å². The van der Waals surface area contributed by atoms with Gasteiger partial charge >= 0.3 is 5.97 Å². The third kappa shape index (κ3) is 2.00. The van der Waals surface area contributed by atoms with Crippen LogP contribution < -0.4 is 0 Å². The predicted octanol–water partition coefficient (Wildman–Crippen LogP) is 2.55. The molecule has 0 spiro atoms. The highest BCUT2D eigenvalue weighted by Gasteiger charge is 2.20. The van der Waals surface area contributed by atoms with Gasteiger partial charge in [-0.3, -0.25) is 10.1 Å². The van der Waals surface area contributed by atoms with Gasteiger partial charge in [-0.05, 0) is 24.3 Å². The van der Waals surface area contributed by atoms with E-state index in [9.17, 15) is 14.9 Å². The SMILES string of the molecule is O=C(O)c1cc(-c2ccco2)ccc1[N+](=O)[O-]. The highest BCUT2D eigenvalue weighted by atomic mass is 16.6. The molecule has 0 radical (unpaired) electrons. The quantitative estimate of drug-likeness (QED) is 0.649.